The molecular formula is C45H27N3O2. The number of hydrogen-bond acceptors (Lipinski definition) is 5. The Morgan fingerprint density at radius 2 is 0.640 bits per heavy atom. The van der Waals surface area contributed by atoms with Crippen molar-refractivity contribution in [1.29, 1.82) is 0 Å². The first-order valence-electron chi connectivity index (χ1n) is 16.6. The Balaban J connectivity index is 1.13. The standard InChI is InChI=1S/C45H27N3O2/c1-3-10-28(11-4-1)30-14-9-15-32(24-30)43-46-44(33-19-22-36-35-16-7-8-17-39(35)49-41(36)26-33)48-45(47-43)34-20-23-38-37-21-18-31(29-12-5-2-6-13-29)25-40(37)50-42(38)27-34/h1-27H. The van der Waals surface area contributed by atoms with Crippen molar-refractivity contribution in [3.05, 3.63) is 164 Å². The van der Waals surface area contributed by atoms with Crippen molar-refractivity contribution in [2.24, 2.45) is 0 Å². The highest BCUT2D eigenvalue weighted by Crippen LogP contribution is 2.36. The average Bonchev–Trinajstić information content (AvgIpc) is 3.75. The van der Waals surface area contributed by atoms with Crippen LogP contribution in [0.15, 0.2) is 173 Å². The highest BCUT2D eigenvalue weighted by atomic mass is 16.3. The van der Waals surface area contributed by atoms with Gasteiger partial charge in [-0.25, -0.2) is 15.0 Å². The van der Waals surface area contributed by atoms with Gasteiger partial charge in [0.25, 0.3) is 0 Å². The summed E-state index contributed by atoms with van der Waals surface area (Å²) in [7, 11) is 0. The molecule has 0 saturated carbocycles. The van der Waals surface area contributed by atoms with Gasteiger partial charge in [-0.15, -0.1) is 0 Å². The Morgan fingerprint density at radius 1 is 0.260 bits per heavy atom. The fourth-order valence-corrected chi connectivity index (χ4v) is 6.82. The first-order chi connectivity index (χ1) is 24.7. The summed E-state index contributed by atoms with van der Waals surface area (Å²) >= 11 is 0. The summed E-state index contributed by atoms with van der Waals surface area (Å²) in [4.78, 5) is 15.2. The maximum Gasteiger partial charge on any atom is 0.164 e. The molecule has 234 valence electrons. The minimum atomic E-state index is 0.562. The lowest BCUT2D eigenvalue weighted by Crippen LogP contribution is -2.00. The Morgan fingerprint density at radius 3 is 1.22 bits per heavy atom. The second-order valence-electron chi connectivity index (χ2n) is 12.5. The molecule has 3 aromatic heterocycles. The number of para-hydroxylation sites is 1. The normalized spacial score (nSPS) is 11.6. The van der Waals surface area contributed by atoms with Gasteiger partial charge in [0.1, 0.15) is 22.3 Å². The summed E-state index contributed by atoms with van der Waals surface area (Å²) in [6.07, 6.45) is 0. The van der Waals surface area contributed by atoms with Crippen molar-refractivity contribution in [1.82, 2.24) is 15.0 Å². The van der Waals surface area contributed by atoms with Crippen LogP contribution in [0.2, 0.25) is 0 Å². The van der Waals surface area contributed by atoms with Crippen LogP contribution in [0.5, 0.6) is 0 Å². The Labute approximate surface area is 287 Å². The lowest BCUT2D eigenvalue weighted by atomic mass is 10.0. The molecule has 0 atom stereocenters. The summed E-state index contributed by atoms with van der Waals surface area (Å²) < 4.78 is 12.7. The predicted octanol–water partition coefficient (Wildman–Crippen LogP) is 12.0. The molecule has 0 aliphatic rings. The lowest BCUT2D eigenvalue weighted by molar-refractivity contribution is 0.669. The van der Waals surface area contributed by atoms with Gasteiger partial charge in [-0.2, -0.15) is 0 Å². The fraction of sp³-hybridized carbons (Fsp3) is 0. The van der Waals surface area contributed by atoms with Gasteiger partial charge in [0.05, 0.1) is 0 Å². The first kappa shape index (κ1) is 28.2. The van der Waals surface area contributed by atoms with E-state index in [1.54, 1.807) is 0 Å². The van der Waals surface area contributed by atoms with Crippen molar-refractivity contribution in [2.45, 2.75) is 0 Å². The summed E-state index contributed by atoms with van der Waals surface area (Å²) in [5, 5.41) is 4.25. The van der Waals surface area contributed by atoms with Crippen molar-refractivity contribution in [3.63, 3.8) is 0 Å². The van der Waals surface area contributed by atoms with Crippen LogP contribution in [0.1, 0.15) is 0 Å². The van der Waals surface area contributed by atoms with E-state index in [4.69, 9.17) is 23.8 Å². The third-order valence-corrected chi connectivity index (χ3v) is 9.34. The van der Waals surface area contributed by atoms with Gasteiger partial charge in [-0.05, 0) is 70.8 Å². The SMILES string of the molecule is c1ccc(-c2cccc(-c3nc(-c4ccc5c(c4)oc4ccccc45)nc(-c4ccc5c(c4)oc4cc(-c6ccccc6)ccc45)n3)c2)cc1. The third kappa shape index (κ3) is 4.83. The molecule has 0 aliphatic heterocycles. The first-order valence-corrected chi connectivity index (χ1v) is 16.6. The van der Waals surface area contributed by atoms with Gasteiger partial charge < -0.3 is 8.83 Å². The molecule has 10 rings (SSSR count). The monoisotopic (exact) mass is 641 g/mol. The smallest absolute Gasteiger partial charge is 0.164 e. The molecule has 0 bridgehead atoms. The van der Waals surface area contributed by atoms with Crippen LogP contribution >= 0.6 is 0 Å². The third-order valence-electron chi connectivity index (χ3n) is 9.34. The Bertz CT molecular complexity index is 2870. The second kappa shape index (κ2) is 11.4. The van der Waals surface area contributed by atoms with Gasteiger partial charge in [-0.1, -0.05) is 115 Å². The topological polar surface area (TPSA) is 65.0 Å². The van der Waals surface area contributed by atoms with Crippen molar-refractivity contribution in [2.75, 3.05) is 0 Å². The maximum atomic E-state index is 6.46. The van der Waals surface area contributed by atoms with E-state index in [2.05, 4.69) is 84.9 Å². The van der Waals surface area contributed by atoms with E-state index < -0.39 is 0 Å². The molecule has 0 aliphatic carbocycles. The van der Waals surface area contributed by atoms with Crippen molar-refractivity contribution >= 4 is 43.9 Å². The lowest BCUT2D eigenvalue weighted by Gasteiger charge is -2.10. The molecule has 50 heavy (non-hydrogen) atoms. The Kier molecular flexibility index (Phi) is 6.42. The zero-order valence-corrected chi connectivity index (χ0v) is 26.7. The summed E-state index contributed by atoms with van der Waals surface area (Å²) in [5.74, 6) is 1.71. The molecule has 7 aromatic carbocycles. The van der Waals surface area contributed by atoms with E-state index in [1.165, 1.54) is 0 Å². The van der Waals surface area contributed by atoms with Crippen LogP contribution in [-0.4, -0.2) is 15.0 Å². The molecule has 0 unspecified atom stereocenters. The minimum absolute atomic E-state index is 0.562. The molecule has 5 nitrogen and oxygen atoms in total. The van der Waals surface area contributed by atoms with E-state index in [-0.39, 0.29) is 0 Å². The van der Waals surface area contributed by atoms with E-state index in [0.717, 1.165) is 82.8 Å². The van der Waals surface area contributed by atoms with E-state index >= 15 is 0 Å². The molecule has 0 fully saturated rings. The highest BCUT2D eigenvalue weighted by molar-refractivity contribution is 6.07. The molecule has 0 saturated heterocycles. The summed E-state index contributed by atoms with van der Waals surface area (Å²) in [5.41, 5.74) is 10.3. The quantitative estimate of drug-likeness (QED) is 0.187. The number of nitrogens with zero attached hydrogens (tertiary/aromatic N) is 3. The van der Waals surface area contributed by atoms with Gasteiger partial charge >= 0.3 is 0 Å². The van der Waals surface area contributed by atoms with E-state index in [1.807, 2.05) is 78.9 Å². The van der Waals surface area contributed by atoms with Crippen LogP contribution in [0.4, 0.5) is 0 Å². The number of fused-ring (bicyclic) bond motifs is 6. The van der Waals surface area contributed by atoms with Gasteiger partial charge in [-0.3, -0.25) is 0 Å². The van der Waals surface area contributed by atoms with Crippen molar-refractivity contribution in [3.8, 4) is 56.4 Å². The molecule has 0 spiro atoms. The van der Waals surface area contributed by atoms with E-state index in [9.17, 15) is 0 Å². The fourth-order valence-electron chi connectivity index (χ4n) is 6.82. The number of hydrogen-bond donors (Lipinski definition) is 0. The number of benzene rings is 7. The van der Waals surface area contributed by atoms with Crippen LogP contribution in [0.3, 0.4) is 0 Å². The highest BCUT2D eigenvalue weighted by Gasteiger charge is 2.17. The van der Waals surface area contributed by atoms with Crippen LogP contribution in [0.25, 0.3) is 100 Å². The van der Waals surface area contributed by atoms with Gasteiger partial charge in [0, 0.05) is 38.2 Å². The minimum Gasteiger partial charge on any atom is -0.456 e. The second-order valence-corrected chi connectivity index (χ2v) is 12.5. The molecule has 0 radical (unpaired) electrons. The molecule has 3 heterocycles. The van der Waals surface area contributed by atoms with Crippen molar-refractivity contribution < 1.29 is 8.83 Å². The maximum absolute atomic E-state index is 6.46. The zero-order chi connectivity index (χ0) is 33.0. The molecular weight excluding hydrogens is 615 g/mol. The summed E-state index contributed by atoms with van der Waals surface area (Å²) in [6, 6.07) is 55.8. The van der Waals surface area contributed by atoms with Gasteiger partial charge in [0.15, 0.2) is 17.5 Å². The number of rotatable bonds is 5. The van der Waals surface area contributed by atoms with Crippen LogP contribution in [0, 0.1) is 0 Å². The molecule has 0 N–H and O–H groups in total. The van der Waals surface area contributed by atoms with E-state index in [0.29, 0.717) is 17.5 Å². The molecule has 10 aromatic rings. The van der Waals surface area contributed by atoms with Gasteiger partial charge in [0.2, 0.25) is 0 Å². The van der Waals surface area contributed by atoms with Crippen LogP contribution in [-0.2, 0) is 0 Å². The average molecular weight is 642 g/mol. The summed E-state index contributed by atoms with van der Waals surface area (Å²) in [6.45, 7) is 0. The molecule has 5 heteroatoms. The predicted molar refractivity (Wildman–Crippen MR) is 202 cm³/mol. The Hall–Kier alpha value is -6.85. The largest absolute Gasteiger partial charge is 0.456 e. The van der Waals surface area contributed by atoms with Crippen LogP contribution < -0.4 is 0 Å². The molecule has 0 amide bonds. The number of aromatic nitrogens is 3. The number of furan rings is 2. The zero-order valence-electron chi connectivity index (χ0n) is 26.7.